The van der Waals surface area contributed by atoms with E-state index in [4.69, 9.17) is 4.74 Å². The minimum Gasteiger partial charge on any atom is -0.497 e. The van der Waals surface area contributed by atoms with Crippen molar-refractivity contribution in [3.05, 3.63) is 42.0 Å². The molecule has 0 amide bonds. The van der Waals surface area contributed by atoms with Gasteiger partial charge in [-0.1, -0.05) is 6.08 Å². The topological polar surface area (TPSA) is 26.3 Å². The highest BCUT2D eigenvalue weighted by atomic mass is 16.5. The molecule has 0 aromatic heterocycles. The van der Waals surface area contributed by atoms with E-state index in [-0.39, 0.29) is 11.7 Å². The Labute approximate surface area is 89.6 Å². The van der Waals surface area contributed by atoms with E-state index in [0.717, 1.165) is 29.7 Å². The predicted octanol–water partition coefficient (Wildman–Crippen LogP) is 2.63. The first-order valence-corrected chi connectivity index (χ1v) is 5.10. The maximum atomic E-state index is 11.9. The molecule has 0 saturated carbocycles. The van der Waals surface area contributed by atoms with Gasteiger partial charge in [-0.3, -0.25) is 4.79 Å². The van der Waals surface area contributed by atoms with E-state index in [1.54, 1.807) is 13.2 Å². The monoisotopic (exact) mass is 202 g/mol. The maximum absolute atomic E-state index is 11.9. The van der Waals surface area contributed by atoms with E-state index in [2.05, 4.69) is 6.58 Å². The second-order valence-corrected chi connectivity index (χ2v) is 3.77. The number of methoxy groups -OCH3 is 1. The Hall–Kier alpha value is -1.57. The third-order valence-electron chi connectivity index (χ3n) is 2.92. The van der Waals surface area contributed by atoms with Crippen LogP contribution in [0.4, 0.5) is 0 Å². The first-order chi connectivity index (χ1) is 7.26. The van der Waals surface area contributed by atoms with Gasteiger partial charge in [0.1, 0.15) is 5.75 Å². The summed E-state index contributed by atoms with van der Waals surface area (Å²) in [6.45, 7) is 3.70. The summed E-state index contributed by atoms with van der Waals surface area (Å²) in [5.74, 6) is 0.999. The van der Waals surface area contributed by atoms with Gasteiger partial charge in [-0.25, -0.2) is 0 Å². The summed E-state index contributed by atoms with van der Waals surface area (Å²) >= 11 is 0. The van der Waals surface area contributed by atoms with E-state index in [0.29, 0.717) is 0 Å². The van der Waals surface area contributed by atoms with Crippen molar-refractivity contribution in [2.75, 3.05) is 7.11 Å². The highest BCUT2D eigenvalue weighted by molar-refractivity contribution is 6.01. The molecule has 1 aliphatic carbocycles. The predicted molar refractivity (Wildman–Crippen MR) is 59.3 cm³/mol. The lowest BCUT2D eigenvalue weighted by atomic mass is 9.83. The molecule has 0 heterocycles. The smallest absolute Gasteiger partial charge is 0.169 e. The summed E-state index contributed by atoms with van der Waals surface area (Å²) in [6.07, 6.45) is 3.53. The molecule has 78 valence electrons. The number of hydrogen-bond donors (Lipinski definition) is 0. The minimum atomic E-state index is -0.00843. The van der Waals surface area contributed by atoms with Gasteiger partial charge in [-0.2, -0.15) is 0 Å². The van der Waals surface area contributed by atoms with Crippen LogP contribution in [0.1, 0.15) is 22.3 Å². The van der Waals surface area contributed by atoms with Crippen LogP contribution in [0, 0.1) is 5.92 Å². The third-order valence-corrected chi connectivity index (χ3v) is 2.92. The second kappa shape index (κ2) is 3.89. The molecule has 0 spiro atoms. The molecule has 0 radical (unpaired) electrons. The molecule has 15 heavy (non-hydrogen) atoms. The highest BCUT2D eigenvalue weighted by Gasteiger charge is 2.24. The molecule has 1 aliphatic rings. The van der Waals surface area contributed by atoms with Crippen LogP contribution in [0.25, 0.3) is 0 Å². The molecule has 1 unspecified atom stereocenters. The van der Waals surface area contributed by atoms with E-state index < -0.39 is 0 Å². The lowest BCUT2D eigenvalue weighted by molar-refractivity contribution is 0.0930. The fourth-order valence-electron chi connectivity index (χ4n) is 2.01. The van der Waals surface area contributed by atoms with Crippen molar-refractivity contribution in [1.82, 2.24) is 0 Å². The molecule has 0 N–H and O–H groups in total. The molecule has 0 aliphatic heterocycles. The van der Waals surface area contributed by atoms with Crippen LogP contribution in [0.5, 0.6) is 5.75 Å². The number of carbonyl (C=O) groups excluding carboxylic acids is 1. The Morgan fingerprint density at radius 1 is 1.53 bits per heavy atom. The van der Waals surface area contributed by atoms with Gasteiger partial charge in [0.2, 0.25) is 0 Å². The first-order valence-electron chi connectivity index (χ1n) is 5.10. The normalized spacial score (nSPS) is 19.5. The maximum Gasteiger partial charge on any atom is 0.169 e. The Morgan fingerprint density at radius 2 is 2.33 bits per heavy atom. The third kappa shape index (κ3) is 1.67. The molecule has 0 saturated heterocycles. The fraction of sp³-hybridized carbons (Fsp3) is 0.308. The molecule has 0 bridgehead atoms. The van der Waals surface area contributed by atoms with E-state index >= 15 is 0 Å². The van der Waals surface area contributed by atoms with Crippen molar-refractivity contribution < 1.29 is 9.53 Å². The molecule has 1 aromatic carbocycles. The van der Waals surface area contributed by atoms with Crippen molar-refractivity contribution in [3.63, 3.8) is 0 Å². The van der Waals surface area contributed by atoms with Gasteiger partial charge in [-0.05, 0) is 36.6 Å². The highest BCUT2D eigenvalue weighted by Crippen LogP contribution is 2.28. The molecular weight excluding hydrogens is 188 g/mol. The molecule has 0 fully saturated rings. The van der Waals surface area contributed by atoms with Crippen molar-refractivity contribution in [1.29, 1.82) is 0 Å². The number of Topliss-reactive ketones (excluding diaryl/α,β-unsaturated/α-hetero) is 1. The number of ether oxygens (including phenoxy) is 1. The first kappa shape index (κ1) is 9.97. The summed E-state index contributed by atoms with van der Waals surface area (Å²) in [5, 5.41) is 0. The summed E-state index contributed by atoms with van der Waals surface area (Å²) in [4.78, 5) is 11.9. The number of carbonyl (C=O) groups is 1. The standard InChI is InChI=1S/C13H14O2/c1-3-9-4-5-10-8-11(15-2)6-7-12(10)13(9)14/h3,6-9H,1,4-5H2,2H3. The zero-order valence-corrected chi connectivity index (χ0v) is 8.82. The zero-order valence-electron chi connectivity index (χ0n) is 8.82. The quantitative estimate of drug-likeness (QED) is 0.689. The summed E-state index contributed by atoms with van der Waals surface area (Å²) in [7, 11) is 1.64. The lowest BCUT2D eigenvalue weighted by Crippen LogP contribution is -2.20. The van der Waals surface area contributed by atoms with Gasteiger partial charge in [0, 0.05) is 11.5 Å². The number of fused-ring (bicyclic) bond motifs is 1. The van der Waals surface area contributed by atoms with Crippen LogP contribution in [0.3, 0.4) is 0 Å². The van der Waals surface area contributed by atoms with Gasteiger partial charge in [0.25, 0.3) is 0 Å². The molecule has 1 atom stereocenters. The van der Waals surface area contributed by atoms with Crippen molar-refractivity contribution in [2.24, 2.45) is 5.92 Å². The Bertz CT molecular complexity index is 407. The van der Waals surface area contributed by atoms with Gasteiger partial charge in [0.15, 0.2) is 5.78 Å². The van der Waals surface area contributed by atoms with E-state index in [1.807, 2.05) is 18.2 Å². The number of aryl methyl sites for hydroxylation is 1. The number of ketones is 1. The summed E-state index contributed by atoms with van der Waals surface area (Å²) < 4.78 is 5.14. The average molecular weight is 202 g/mol. The molecule has 2 rings (SSSR count). The van der Waals surface area contributed by atoms with Crippen LogP contribution in [-0.4, -0.2) is 12.9 Å². The lowest BCUT2D eigenvalue weighted by Gasteiger charge is -2.21. The Kier molecular flexibility index (Phi) is 2.58. The van der Waals surface area contributed by atoms with Gasteiger partial charge >= 0.3 is 0 Å². The number of allylic oxidation sites excluding steroid dienone is 1. The summed E-state index contributed by atoms with van der Waals surface area (Å²) in [5.41, 5.74) is 1.92. The number of rotatable bonds is 2. The van der Waals surface area contributed by atoms with Crippen molar-refractivity contribution >= 4 is 5.78 Å². The van der Waals surface area contributed by atoms with Crippen LogP contribution in [0.15, 0.2) is 30.9 Å². The van der Waals surface area contributed by atoms with Crippen LogP contribution in [-0.2, 0) is 6.42 Å². The summed E-state index contributed by atoms with van der Waals surface area (Å²) in [6, 6.07) is 5.64. The second-order valence-electron chi connectivity index (χ2n) is 3.77. The van der Waals surface area contributed by atoms with Crippen molar-refractivity contribution in [2.45, 2.75) is 12.8 Å². The SMILES string of the molecule is C=CC1CCc2cc(OC)ccc2C1=O. The average Bonchev–Trinajstić information content (AvgIpc) is 2.29. The fourth-order valence-corrected chi connectivity index (χ4v) is 2.01. The van der Waals surface area contributed by atoms with Crippen LogP contribution < -0.4 is 4.74 Å². The van der Waals surface area contributed by atoms with E-state index in [9.17, 15) is 4.79 Å². The van der Waals surface area contributed by atoms with Gasteiger partial charge in [0.05, 0.1) is 7.11 Å². The molecule has 2 nitrogen and oxygen atoms in total. The van der Waals surface area contributed by atoms with Crippen LogP contribution >= 0.6 is 0 Å². The zero-order chi connectivity index (χ0) is 10.8. The van der Waals surface area contributed by atoms with Crippen LogP contribution in [0.2, 0.25) is 0 Å². The number of hydrogen-bond acceptors (Lipinski definition) is 2. The molecule has 2 heteroatoms. The molecular formula is C13H14O2. The largest absolute Gasteiger partial charge is 0.497 e. The Morgan fingerprint density at radius 3 is 3.00 bits per heavy atom. The van der Waals surface area contributed by atoms with Gasteiger partial charge < -0.3 is 4.74 Å². The van der Waals surface area contributed by atoms with E-state index in [1.165, 1.54) is 0 Å². The Balaban J connectivity index is 2.41. The minimum absolute atomic E-state index is 0.00843. The molecule has 1 aromatic rings. The van der Waals surface area contributed by atoms with Crippen molar-refractivity contribution in [3.8, 4) is 5.75 Å². The van der Waals surface area contributed by atoms with Gasteiger partial charge in [-0.15, -0.1) is 6.58 Å². The number of benzene rings is 1.